The normalized spacial score (nSPS) is 16.1. The summed E-state index contributed by atoms with van der Waals surface area (Å²) in [6.07, 6.45) is 3.76. The summed E-state index contributed by atoms with van der Waals surface area (Å²) in [6.45, 7) is 4.78. The molecule has 0 aromatic heterocycles. The fourth-order valence-electron chi connectivity index (χ4n) is 4.93. The summed E-state index contributed by atoms with van der Waals surface area (Å²) < 4.78 is 4.60. The van der Waals surface area contributed by atoms with E-state index in [1.807, 2.05) is 45.0 Å². The van der Waals surface area contributed by atoms with E-state index >= 15 is 0 Å². The molecule has 1 aliphatic heterocycles. The Balaban J connectivity index is 1.64. The second kappa shape index (κ2) is 12.3. The lowest BCUT2D eigenvalue weighted by molar-refractivity contribution is -0.124. The topological polar surface area (TPSA) is 129 Å². The summed E-state index contributed by atoms with van der Waals surface area (Å²) in [5, 5.41) is 17.5. The van der Waals surface area contributed by atoms with Gasteiger partial charge in [0, 0.05) is 22.6 Å². The largest absolute Gasteiger partial charge is 0.506 e. The number of Topliss-reactive ketones (excluding diaryl/α,β-unsaturated/α-hetero) is 1. The van der Waals surface area contributed by atoms with Crippen LogP contribution in [0.15, 0.2) is 53.6 Å². The van der Waals surface area contributed by atoms with Crippen molar-refractivity contribution in [3.05, 3.63) is 59.7 Å². The van der Waals surface area contributed by atoms with E-state index in [1.165, 1.54) is 4.90 Å². The summed E-state index contributed by atoms with van der Waals surface area (Å²) >= 11 is 0. The van der Waals surface area contributed by atoms with Crippen LogP contribution in [0.3, 0.4) is 0 Å². The quantitative estimate of drug-likeness (QED) is 0.410. The van der Waals surface area contributed by atoms with Crippen LogP contribution in [-0.2, 0) is 20.9 Å². The van der Waals surface area contributed by atoms with Crippen LogP contribution in [0.1, 0.15) is 64.0 Å². The van der Waals surface area contributed by atoms with E-state index in [1.54, 1.807) is 24.3 Å². The summed E-state index contributed by atoms with van der Waals surface area (Å²) in [7, 11) is 0. The van der Waals surface area contributed by atoms with Crippen molar-refractivity contribution >= 4 is 41.0 Å². The van der Waals surface area contributed by atoms with E-state index in [0.717, 1.165) is 48.4 Å². The number of hydrogen-bond donors (Lipinski definition) is 2. The number of para-hydroxylation sites is 1. The highest BCUT2D eigenvalue weighted by Gasteiger charge is 2.36. The number of carboxylic acid groups (broad SMARTS) is 1. The molecule has 1 aliphatic carbocycles. The Morgan fingerprint density at radius 1 is 1.02 bits per heavy atom. The first-order chi connectivity index (χ1) is 19.0. The van der Waals surface area contributed by atoms with Crippen LogP contribution < -0.4 is 10.2 Å². The van der Waals surface area contributed by atoms with Crippen molar-refractivity contribution in [2.45, 2.75) is 59.5 Å². The highest BCUT2D eigenvalue weighted by atomic mass is 16.7. The lowest BCUT2D eigenvalue weighted by Gasteiger charge is -2.28. The van der Waals surface area contributed by atoms with Gasteiger partial charge in [-0.05, 0) is 36.6 Å². The van der Waals surface area contributed by atoms with Crippen LogP contribution in [0.5, 0.6) is 0 Å². The van der Waals surface area contributed by atoms with E-state index < -0.39 is 23.5 Å². The van der Waals surface area contributed by atoms with E-state index in [0.29, 0.717) is 16.9 Å². The first-order valence-electron chi connectivity index (χ1n) is 13.6. The molecule has 3 amide bonds. The Morgan fingerprint density at radius 2 is 1.75 bits per heavy atom. The number of anilines is 2. The Kier molecular flexibility index (Phi) is 8.86. The molecular weight excluding hydrogens is 512 g/mol. The monoisotopic (exact) mass is 548 g/mol. The molecule has 1 saturated carbocycles. The average Bonchev–Trinajstić information content (AvgIpc) is 3.03. The van der Waals surface area contributed by atoms with Crippen LogP contribution in [0.4, 0.5) is 21.0 Å². The molecule has 0 saturated heterocycles. The molecule has 1 heterocycles. The van der Waals surface area contributed by atoms with E-state index in [2.05, 4.69) is 10.1 Å². The predicted molar refractivity (Wildman–Crippen MR) is 151 cm³/mol. The fraction of sp³-hybridized carbons (Fsp3) is 0.433. The summed E-state index contributed by atoms with van der Waals surface area (Å²) in [5.74, 6) is -0.455. The molecule has 2 aliphatic rings. The minimum atomic E-state index is -1.39. The van der Waals surface area contributed by atoms with Gasteiger partial charge in [-0.25, -0.2) is 14.6 Å². The van der Waals surface area contributed by atoms with Crippen LogP contribution in [0.2, 0.25) is 0 Å². The number of amides is 3. The van der Waals surface area contributed by atoms with Gasteiger partial charge in [0.15, 0.2) is 5.78 Å². The van der Waals surface area contributed by atoms with E-state index in [4.69, 9.17) is 10.2 Å². The van der Waals surface area contributed by atoms with Crippen molar-refractivity contribution in [2.75, 3.05) is 23.3 Å². The number of benzene rings is 2. The predicted octanol–water partition coefficient (Wildman–Crippen LogP) is 5.66. The molecule has 10 heteroatoms. The maximum atomic E-state index is 13.9. The van der Waals surface area contributed by atoms with Crippen molar-refractivity contribution in [1.29, 1.82) is 0 Å². The minimum Gasteiger partial charge on any atom is -0.450 e. The van der Waals surface area contributed by atoms with E-state index in [9.17, 15) is 19.2 Å². The Labute approximate surface area is 234 Å². The molecule has 2 aromatic rings. The standard InChI is InChI=1S/C30H36N4O6/c1-30(2,3)25(35)17-33-24-15-8-7-14-23(24)27(21-11-5-4-6-12-21)32-34(28(33)37)18-26(36)31-22-13-9-10-20(16-22)19-40-29(38)39/h7-10,13-16,21H,4-6,11-12,17-19H2,1-3H3,(H,31,36)(H,38,39). The zero-order chi connectivity index (χ0) is 28.9. The van der Waals surface area contributed by atoms with E-state index in [-0.39, 0.29) is 31.4 Å². The van der Waals surface area contributed by atoms with Gasteiger partial charge in [0.05, 0.1) is 17.9 Å². The number of ketones is 1. The van der Waals surface area contributed by atoms with Crippen molar-refractivity contribution in [2.24, 2.45) is 16.4 Å². The average molecular weight is 549 g/mol. The number of ether oxygens (including phenoxy) is 1. The molecule has 0 unspecified atom stereocenters. The third-order valence-corrected chi connectivity index (χ3v) is 7.15. The van der Waals surface area contributed by atoms with Gasteiger partial charge in [-0.3, -0.25) is 14.5 Å². The first kappa shape index (κ1) is 28.8. The van der Waals surface area contributed by atoms with Gasteiger partial charge >= 0.3 is 12.2 Å². The molecule has 40 heavy (non-hydrogen) atoms. The highest BCUT2D eigenvalue weighted by Crippen LogP contribution is 2.34. The molecule has 10 nitrogen and oxygen atoms in total. The zero-order valence-corrected chi connectivity index (χ0v) is 23.2. The number of fused-ring (bicyclic) bond motifs is 1. The van der Waals surface area contributed by atoms with Gasteiger partial charge in [0.1, 0.15) is 13.2 Å². The molecular formula is C30H36N4O6. The summed E-state index contributed by atoms with van der Waals surface area (Å²) in [5.41, 5.74) is 2.51. The maximum Gasteiger partial charge on any atom is 0.506 e. The fourth-order valence-corrected chi connectivity index (χ4v) is 4.93. The second-order valence-electron chi connectivity index (χ2n) is 11.2. The van der Waals surface area contributed by atoms with Crippen LogP contribution >= 0.6 is 0 Å². The number of nitrogens with zero attached hydrogens (tertiary/aromatic N) is 3. The second-order valence-corrected chi connectivity index (χ2v) is 11.2. The van der Waals surface area contributed by atoms with Crippen LogP contribution in [0.25, 0.3) is 0 Å². The van der Waals surface area contributed by atoms with Crippen molar-refractivity contribution < 1.29 is 29.0 Å². The highest BCUT2D eigenvalue weighted by molar-refractivity contribution is 6.13. The number of carbonyl (C=O) groups is 4. The molecule has 1 fully saturated rings. The lowest BCUT2D eigenvalue weighted by Crippen LogP contribution is -2.47. The van der Waals surface area contributed by atoms with Gasteiger partial charge in [-0.1, -0.05) is 70.4 Å². The van der Waals surface area contributed by atoms with Gasteiger partial charge in [-0.15, -0.1) is 0 Å². The molecule has 212 valence electrons. The Morgan fingerprint density at radius 3 is 2.45 bits per heavy atom. The van der Waals surface area contributed by atoms with Crippen LogP contribution in [-0.4, -0.2) is 52.8 Å². The number of hydrazone groups is 1. The minimum absolute atomic E-state index is 0.110. The molecule has 2 N–H and O–H groups in total. The molecule has 0 radical (unpaired) electrons. The van der Waals surface area contributed by atoms with Gasteiger partial charge in [0.25, 0.3) is 0 Å². The number of urea groups is 1. The smallest absolute Gasteiger partial charge is 0.450 e. The summed E-state index contributed by atoms with van der Waals surface area (Å²) in [6, 6.07) is 13.6. The molecule has 4 rings (SSSR count). The van der Waals surface area contributed by atoms with Crippen LogP contribution in [0, 0.1) is 11.3 Å². The number of hydrogen-bond acceptors (Lipinski definition) is 6. The third kappa shape index (κ3) is 7.05. The summed E-state index contributed by atoms with van der Waals surface area (Å²) in [4.78, 5) is 52.4. The number of rotatable bonds is 8. The van der Waals surface area contributed by atoms with Gasteiger partial charge in [-0.2, -0.15) is 5.10 Å². The number of nitrogens with one attached hydrogen (secondary N) is 1. The van der Waals surface area contributed by atoms with Crippen molar-refractivity contribution in [1.82, 2.24) is 5.01 Å². The Hall–Kier alpha value is -4.21. The zero-order valence-electron chi connectivity index (χ0n) is 23.2. The number of carbonyl (C=O) groups excluding carboxylic acids is 3. The Bertz CT molecular complexity index is 1310. The van der Waals surface area contributed by atoms with Crippen molar-refractivity contribution in [3.63, 3.8) is 0 Å². The molecule has 0 spiro atoms. The SMILES string of the molecule is CC(C)(C)C(=O)CN1C(=O)N(CC(=O)Nc2cccc(COC(=O)O)c2)N=C(C2CCCCC2)c2ccccc21. The first-order valence-corrected chi connectivity index (χ1v) is 13.6. The molecule has 2 aromatic carbocycles. The molecule has 0 atom stereocenters. The third-order valence-electron chi connectivity index (χ3n) is 7.15. The molecule has 0 bridgehead atoms. The van der Waals surface area contributed by atoms with Crippen molar-refractivity contribution in [3.8, 4) is 0 Å². The van der Waals surface area contributed by atoms with Gasteiger partial charge in [0.2, 0.25) is 5.91 Å². The van der Waals surface area contributed by atoms with Gasteiger partial charge < -0.3 is 15.2 Å². The lowest BCUT2D eigenvalue weighted by atomic mass is 9.83. The maximum absolute atomic E-state index is 13.9.